The van der Waals surface area contributed by atoms with Crippen LogP contribution >= 0.6 is 0 Å². The summed E-state index contributed by atoms with van der Waals surface area (Å²) in [5, 5.41) is 6.40. The zero-order valence-electron chi connectivity index (χ0n) is 14.8. The molecular formula is C17H15F5N6O. The van der Waals surface area contributed by atoms with Gasteiger partial charge in [0.15, 0.2) is 5.65 Å². The number of nitrogens with one attached hydrogen (secondary N) is 1. The second-order valence-corrected chi connectivity index (χ2v) is 6.76. The molecule has 0 aliphatic heterocycles. The fraction of sp³-hybridized carbons (Fsp3) is 0.412. The highest BCUT2D eigenvalue weighted by atomic mass is 19.4. The number of ether oxygens (including phenoxy) is 1. The van der Waals surface area contributed by atoms with Crippen molar-refractivity contribution in [1.29, 1.82) is 0 Å². The molecule has 3 N–H and O–H groups in total. The number of aromatic amines is 1. The van der Waals surface area contributed by atoms with Gasteiger partial charge in [0.1, 0.15) is 17.0 Å². The summed E-state index contributed by atoms with van der Waals surface area (Å²) in [7, 11) is 0. The van der Waals surface area contributed by atoms with E-state index in [9.17, 15) is 22.0 Å². The average molecular weight is 414 g/mol. The molecule has 3 aromatic heterocycles. The Kier molecular flexibility index (Phi) is 4.50. The molecule has 1 aliphatic carbocycles. The average Bonchev–Trinajstić information content (AvgIpc) is 3.04. The molecule has 1 atom stereocenters. The molecule has 0 bridgehead atoms. The third-order valence-electron chi connectivity index (χ3n) is 4.77. The van der Waals surface area contributed by atoms with Crippen LogP contribution in [-0.4, -0.2) is 31.1 Å². The molecule has 0 amide bonds. The third kappa shape index (κ3) is 3.66. The van der Waals surface area contributed by atoms with Gasteiger partial charge in [0, 0.05) is 18.7 Å². The van der Waals surface area contributed by atoms with Gasteiger partial charge in [0.05, 0.1) is 11.5 Å². The van der Waals surface area contributed by atoms with Crippen molar-refractivity contribution in [2.45, 2.75) is 43.7 Å². The molecule has 12 heteroatoms. The van der Waals surface area contributed by atoms with Crippen LogP contribution in [0.4, 0.5) is 27.8 Å². The van der Waals surface area contributed by atoms with Gasteiger partial charge in [-0.05, 0) is 18.9 Å². The van der Waals surface area contributed by atoms with Crippen LogP contribution in [0.25, 0.3) is 11.0 Å². The summed E-state index contributed by atoms with van der Waals surface area (Å²) in [5.41, 5.74) is 5.02. The van der Waals surface area contributed by atoms with Gasteiger partial charge in [0.25, 0.3) is 11.8 Å². The second-order valence-electron chi connectivity index (χ2n) is 6.76. The van der Waals surface area contributed by atoms with Crippen molar-refractivity contribution in [3.05, 3.63) is 29.7 Å². The van der Waals surface area contributed by atoms with Crippen LogP contribution in [0.2, 0.25) is 0 Å². The number of pyridine rings is 1. The third-order valence-corrected chi connectivity index (χ3v) is 4.77. The number of hydrogen-bond acceptors (Lipinski definition) is 6. The van der Waals surface area contributed by atoms with Gasteiger partial charge in [-0.3, -0.25) is 5.10 Å². The maximum atomic E-state index is 14.2. The van der Waals surface area contributed by atoms with E-state index in [-0.39, 0.29) is 47.3 Å². The van der Waals surface area contributed by atoms with Gasteiger partial charge in [-0.1, -0.05) is 6.42 Å². The van der Waals surface area contributed by atoms with Gasteiger partial charge >= 0.3 is 6.18 Å². The van der Waals surface area contributed by atoms with E-state index in [1.807, 2.05) is 0 Å². The minimum Gasteiger partial charge on any atom is -0.418 e. The van der Waals surface area contributed by atoms with Crippen LogP contribution < -0.4 is 10.5 Å². The molecule has 0 saturated heterocycles. The molecule has 0 radical (unpaired) electrons. The molecule has 1 saturated carbocycles. The van der Waals surface area contributed by atoms with Crippen LogP contribution in [0.15, 0.2) is 18.3 Å². The van der Waals surface area contributed by atoms with Gasteiger partial charge in [-0.15, -0.1) is 5.10 Å². The highest BCUT2D eigenvalue weighted by molar-refractivity contribution is 5.90. The first-order chi connectivity index (χ1) is 13.6. The molecular weight excluding hydrogens is 399 g/mol. The Morgan fingerprint density at radius 2 is 2.00 bits per heavy atom. The quantitative estimate of drug-likeness (QED) is 0.615. The van der Waals surface area contributed by atoms with E-state index in [1.165, 1.54) is 0 Å². The Bertz CT molecular complexity index is 1050. The predicted molar refractivity (Wildman–Crippen MR) is 91.6 cm³/mol. The van der Waals surface area contributed by atoms with Gasteiger partial charge < -0.3 is 10.5 Å². The summed E-state index contributed by atoms with van der Waals surface area (Å²) in [6, 6.07) is 1.50. The van der Waals surface area contributed by atoms with E-state index >= 15 is 0 Å². The fourth-order valence-electron chi connectivity index (χ4n) is 3.33. The van der Waals surface area contributed by atoms with Crippen molar-refractivity contribution in [3.63, 3.8) is 0 Å². The molecule has 3 heterocycles. The molecule has 4 rings (SSSR count). The Morgan fingerprint density at radius 1 is 1.21 bits per heavy atom. The largest absolute Gasteiger partial charge is 0.418 e. The van der Waals surface area contributed by atoms with E-state index < -0.39 is 23.6 Å². The summed E-state index contributed by atoms with van der Waals surface area (Å²) < 4.78 is 72.3. The van der Waals surface area contributed by atoms with E-state index in [2.05, 4.69) is 25.1 Å². The number of nitrogen functional groups attached to an aromatic ring is 1. The highest BCUT2D eigenvalue weighted by Gasteiger charge is 2.44. The number of nitrogens with two attached hydrogens (primary N) is 1. The number of nitrogens with zero attached hydrogens (tertiary/aromatic N) is 4. The summed E-state index contributed by atoms with van der Waals surface area (Å²) in [5.74, 6) is -4.95. The molecule has 3 aromatic rings. The normalized spacial score (nSPS) is 19.4. The Balaban J connectivity index is 1.68. The first kappa shape index (κ1) is 19.3. The number of H-pyrrole nitrogens is 1. The first-order valence-electron chi connectivity index (χ1n) is 8.75. The molecule has 0 aromatic carbocycles. The maximum absolute atomic E-state index is 14.2. The second kappa shape index (κ2) is 6.78. The summed E-state index contributed by atoms with van der Waals surface area (Å²) in [6.45, 7) is 0. The topological polar surface area (TPSA) is 103 Å². The standard InChI is InChI=1S/C17H15F5N6O/c18-16(19)5-2-1-3-9(16)13-25-12(23)11-14(26-13)27-28-15(11)29-10-7-8(4-6-24-10)17(20,21)22/h4,6-7,9H,1-3,5H2,(H3,23,25,26,27,28). The number of aromatic nitrogens is 5. The van der Waals surface area contributed by atoms with Gasteiger partial charge in [-0.25, -0.2) is 23.7 Å². The number of alkyl halides is 5. The summed E-state index contributed by atoms with van der Waals surface area (Å²) >= 11 is 0. The van der Waals surface area contributed by atoms with Crippen LogP contribution in [0.3, 0.4) is 0 Å². The summed E-state index contributed by atoms with van der Waals surface area (Å²) in [6.07, 6.45) is -2.61. The summed E-state index contributed by atoms with van der Waals surface area (Å²) in [4.78, 5) is 11.8. The van der Waals surface area contributed by atoms with E-state index in [4.69, 9.17) is 10.5 Å². The number of halogens is 5. The predicted octanol–water partition coefficient (Wildman–Crippen LogP) is 4.43. The van der Waals surface area contributed by atoms with Gasteiger partial charge in [0.2, 0.25) is 5.88 Å². The van der Waals surface area contributed by atoms with Crippen LogP contribution in [0, 0.1) is 0 Å². The van der Waals surface area contributed by atoms with Crippen molar-refractivity contribution in [3.8, 4) is 11.8 Å². The molecule has 29 heavy (non-hydrogen) atoms. The zero-order chi connectivity index (χ0) is 20.8. The van der Waals surface area contributed by atoms with E-state index in [0.29, 0.717) is 18.9 Å². The number of anilines is 1. The highest BCUT2D eigenvalue weighted by Crippen LogP contribution is 2.44. The lowest BCUT2D eigenvalue weighted by molar-refractivity contribution is -0.137. The number of fused-ring (bicyclic) bond motifs is 1. The van der Waals surface area contributed by atoms with E-state index in [1.54, 1.807) is 0 Å². The van der Waals surface area contributed by atoms with Crippen LogP contribution in [0.1, 0.15) is 43.0 Å². The zero-order valence-corrected chi connectivity index (χ0v) is 14.8. The van der Waals surface area contributed by atoms with Crippen molar-refractivity contribution in [2.75, 3.05) is 5.73 Å². The molecule has 154 valence electrons. The smallest absolute Gasteiger partial charge is 0.416 e. The molecule has 1 unspecified atom stereocenters. The lowest BCUT2D eigenvalue weighted by Crippen LogP contribution is -2.31. The lowest BCUT2D eigenvalue weighted by atomic mass is 9.85. The number of hydrogen-bond donors (Lipinski definition) is 2. The Morgan fingerprint density at radius 3 is 2.72 bits per heavy atom. The molecule has 0 spiro atoms. The SMILES string of the molecule is Nc1nc(C2CCCCC2(F)F)nc2[nH]nc(Oc3cc(C(F)(F)F)ccn3)c12. The van der Waals surface area contributed by atoms with E-state index in [0.717, 1.165) is 12.3 Å². The monoisotopic (exact) mass is 414 g/mol. The maximum Gasteiger partial charge on any atom is 0.416 e. The minimum absolute atomic E-state index is 0.0517. The Hall–Kier alpha value is -3.05. The lowest BCUT2D eigenvalue weighted by Gasteiger charge is -2.30. The molecule has 7 nitrogen and oxygen atoms in total. The fourth-order valence-corrected chi connectivity index (χ4v) is 3.33. The van der Waals surface area contributed by atoms with Gasteiger partial charge in [-0.2, -0.15) is 13.2 Å². The van der Waals surface area contributed by atoms with Crippen molar-refractivity contribution in [1.82, 2.24) is 25.1 Å². The Labute approximate surface area is 160 Å². The van der Waals surface area contributed by atoms with Crippen molar-refractivity contribution >= 4 is 16.9 Å². The van der Waals surface area contributed by atoms with Crippen LogP contribution in [0.5, 0.6) is 11.8 Å². The minimum atomic E-state index is -4.57. The van der Waals surface area contributed by atoms with Crippen molar-refractivity contribution < 1.29 is 26.7 Å². The first-order valence-corrected chi connectivity index (χ1v) is 8.75. The molecule has 1 aliphatic rings. The van der Waals surface area contributed by atoms with Crippen LogP contribution in [-0.2, 0) is 6.18 Å². The number of rotatable bonds is 3. The van der Waals surface area contributed by atoms with Crippen molar-refractivity contribution in [2.24, 2.45) is 0 Å². The molecule has 1 fully saturated rings.